The zero-order chi connectivity index (χ0) is 10.6. The first-order valence-electron chi connectivity index (χ1n) is 4.97. The van der Waals surface area contributed by atoms with Crippen molar-refractivity contribution in [3.63, 3.8) is 0 Å². The molecule has 0 aliphatic carbocycles. The van der Waals surface area contributed by atoms with E-state index in [1.165, 1.54) is 0 Å². The van der Waals surface area contributed by atoms with Crippen molar-refractivity contribution < 1.29 is 0 Å². The first kappa shape index (κ1) is 10.9. The Hall–Kier alpha value is -1.16. The molecule has 0 saturated carbocycles. The molecule has 1 rings (SSSR count). The molecule has 0 spiro atoms. The highest BCUT2D eigenvalue weighted by molar-refractivity contribution is 5.40. The SMILES string of the molecule is CCNCc1nc(C(C)C)ncc1N. The maximum atomic E-state index is 5.77. The predicted octanol–water partition coefficient (Wildman–Crippen LogP) is 1.29. The molecule has 0 saturated heterocycles. The fourth-order valence-corrected chi connectivity index (χ4v) is 1.11. The van der Waals surface area contributed by atoms with Gasteiger partial charge in [0.1, 0.15) is 5.82 Å². The predicted molar refractivity (Wildman–Crippen MR) is 57.9 cm³/mol. The van der Waals surface area contributed by atoms with Gasteiger partial charge >= 0.3 is 0 Å². The Morgan fingerprint density at radius 3 is 2.79 bits per heavy atom. The summed E-state index contributed by atoms with van der Waals surface area (Å²) < 4.78 is 0. The minimum Gasteiger partial charge on any atom is -0.396 e. The van der Waals surface area contributed by atoms with Crippen LogP contribution in [0.15, 0.2) is 6.20 Å². The van der Waals surface area contributed by atoms with E-state index in [0.717, 1.165) is 18.1 Å². The zero-order valence-corrected chi connectivity index (χ0v) is 9.04. The van der Waals surface area contributed by atoms with Crippen LogP contribution in [0.5, 0.6) is 0 Å². The monoisotopic (exact) mass is 194 g/mol. The molecule has 1 aromatic heterocycles. The highest BCUT2D eigenvalue weighted by atomic mass is 15.0. The fraction of sp³-hybridized carbons (Fsp3) is 0.600. The quantitative estimate of drug-likeness (QED) is 0.758. The van der Waals surface area contributed by atoms with Crippen LogP contribution in [-0.4, -0.2) is 16.5 Å². The molecule has 0 fully saturated rings. The van der Waals surface area contributed by atoms with E-state index in [1.54, 1.807) is 6.20 Å². The van der Waals surface area contributed by atoms with Gasteiger partial charge in [0.2, 0.25) is 0 Å². The standard InChI is InChI=1S/C10H18N4/c1-4-12-6-9-8(11)5-13-10(14-9)7(2)3/h5,7,12H,4,6,11H2,1-3H3. The Bertz CT molecular complexity index is 296. The maximum Gasteiger partial charge on any atom is 0.131 e. The van der Waals surface area contributed by atoms with Crippen molar-refractivity contribution in [1.29, 1.82) is 0 Å². The van der Waals surface area contributed by atoms with Gasteiger partial charge in [-0.1, -0.05) is 20.8 Å². The summed E-state index contributed by atoms with van der Waals surface area (Å²) in [6, 6.07) is 0. The molecule has 78 valence electrons. The second-order valence-electron chi connectivity index (χ2n) is 3.57. The molecule has 0 bridgehead atoms. The first-order chi connectivity index (χ1) is 6.65. The van der Waals surface area contributed by atoms with Crippen LogP contribution in [0.25, 0.3) is 0 Å². The number of anilines is 1. The molecule has 0 atom stereocenters. The van der Waals surface area contributed by atoms with Crippen molar-refractivity contribution in [2.24, 2.45) is 0 Å². The lowest BCUT2D eigenvalue weighted by Gasteiger charge is -2.08. The van der Waals surface area contributed by atoms with Gasteiger partial charge in [-0.2, -0.15) is 0 Å². The largest absolute Gasteiger partial charge is 0.396 e. The molecule has 0 radical (unpaired) electrons. The number of hydrogen-bond acceptors (Lipinski definition) is 4. The van der Waals surface area contributed by atoms with E-state index in [9.17, 15) is 0 Å². The summed E-state index contributed by atoms with van der Waals surface area (Å²) in [4.78, 5) is 8.59. The van der Waals surface area contributed by atoms with Crippen LogP contribution in [0.2, 0.25) is 0 Å². The second kappa shape index (κ2) is 4.91. The van der Waals surface area contributed by atoms with Gasteiger partial charge in [-0.3, -0.25) is 0 Å². The van der Waals surface area contributed by atoms with Gasteiger partial charge in [0, 0.05) is 12.5 Å². The van der Waals surface area contributed by atoms with Crippen molar-refractivity contribution in [1.82, 2.24) is 15.3 Å². The van der Waals surface area contributed by atoms with Crippen molar-refractivity contribution in [2.75, 3.05) is 12.3 Å². The molecule has 0 aliphatic rings. The normalized spacial score (nSPS) is 10.9. The third-order valence-corrected chi connectivity index (χ3v) is 1.98. The Labute approximate surface area is 85.0 Å². The Morgan fingerprint density at radius 2 is 2.21 bits per heavy atom. The van der Waals surface area contributed by atoms with Gasteiger partial charge in [-0.05, 0) is 6.54 Å². The smallest absolute Gasteiger partial charge is 0.131 e. The van der Waals surface area contributed by atoms with E-state index in [2.05, 4.69) is 36.1 Å². The number of rotatable bonds is 4. The molecule has 0 aromatic carbocycles. The van der Waals surface area contributed by atoms with E-state index >= 15 is 0 Å². The molecule has 4 nitrogen and oxygen atoms in total. The lowest BCUT2D eigenvalue weighted by atomic mass is 10.2. The highest BCUT2D eigenvalue weighted by Crippen LogP contribution is 2.12. The number of aromatic nitrogens is 2. The Balaban J connectivity index is 2.85. The third kappa shape index (κ3) is 2.67. The fourth-order valence-electron chi connectivity index (χ4n) is 1.11. The molecule has 0 aliphatic heterocycles. The minimum atomic E-state index is 0.343. The van der Waals surface area contributed by atoms with Gasteiger partial charge in [0.25, 0.3) is 0 Å². The number of nitrogens with one attached hydrogen (secondary N) is 1. The van der Waals surface area contributed by atoms with Gasteiger partial charge in [0.15, 0.2) is 0 Å². The van der Waals surface area contributed by atoms with Crippen molar-refractivity contribution in [3.8, 4) is 0 Å². The van der Waals surface area contributed by atoms with Gasteiger partial charge in [-0.15, -0.1) is 0 Å². The topological polar surface area (TPSA) is 63.8 Å². The number of nitrogens with two attached hydrogens (primary N) is 1. The molecular weight excluding hydrogens is 176 g/mol. The van der Waals surface area contributed by atoms with Crippen LogP contribution in [0.3, 0.4) is 0 Å². The summed E-state index contributed by atoms with van der Waals surface area (Å²) in [7, 11) is 0. The highest BCUT2D eigenvalue weighted by Gasteiger charge is 2.06. The van der Waals surface area contributed by atoms with Gasteiger partial charge in [-0.25, -0.2) is 9.97 Å². The first-order valence-corrected chi connectivity index (χ1v) is 4.97. The molecule has 0 amide bonds. The van der Waals surface area contributed by atoms with Crippen molar-refractivity contribution in [2.45, 2.75) is 33.2 Å². The summed E-state index contributed by atoms with van der Waals surface area (Å²) in [5.41, 5.74) is 7.32. The second-order valence-corrected chi connectivity index (χ2v) is 3.57. The zero-order valence-electron chi connectivity index (χ0n) is 9.04. The summed E-state index contributed by atoms with van der Waals surface area (Å²) in [5.74, 6) is 1.20. The van der Waals surface area contributed by atoms with E-state index in [-0.39, 0.29) is 0 Å². The summed E-state index contributed by atoms with van der Waals surface area (Å²) in [6.07, 6.45) is 1.69. The Kier molecular flexibility index (Phi) is 3.83. The summed E-state index contributed by atoms with van der Waals surface area (Å²) >= 11 is 0. The lowest BCUT2D eigenvalue weighted by Crippen LogP contribution is -2.16. The molecule has 4 heteroatoms. The van der Waals surface area contributed by atoms with Crippen LogP contribution in [0, 0.1) is 0 Å². The molecule has 0 unspecified atom stereocenters. The molecule has 1 heterocycles. The average Bonchev–Trinajstić information content (AvgIpc) is 2.16. The summed E-state index contributed by atoms with van der Waals surface area (Å²) in [6.45, 7) is 7.83. The van der Waals surface area contributed by atoms with Gasteiger partial charge < -0.3 is 11.1 Å². The van der Waals surface area contributed by atoms with Crippen molar-refractivity contribution >= 4 is 5.69 Å². The van der Waals surface area contributed by atoms with Crippen LogP contribution >= 0.6 is 0 Å². The molecule has 14 heavy (non-hydrogen) atoms. The Morgan fingerprint density at radius 1 is 1.50 bits per heavy atom. The minimum absolute atomic E-state index is 0.343. The van der Waals surface area contributed by atoms with Crippen LogP contribution < -0.4 is 11.1 Å². The van der Waals surface area contributed by atoms with E-state index in [4.69, 9.17) is 5.73 Å². The van der Waals surface area contributed by atoms with Crippen molar-refractivity contribution in [3.05, 3.63) is 17.7 Å². The molecular formula is C10H18N4. The number of nitrogens with zero attached hydrogens (tertiary/aromatic N) is 2. The number of hydrogen-bond donors (Lipinski definition) is 2. The van der Waals surface area contributed by atoms with Crippen LogP contribution in [0.4, 0.5) is 5.69 Å². The van der Waals surface area contributed by atoms with E-state index < -0.39 is 0 Å². The van der Waals surface area contributed by atoms with E-state index in [0.29, 0.717) is 18.2 Å². The third-order valence-electron chi connectivity index (χ3n) is 1.98. The summed E-state index contributed by atoms with van der Waals surface area (Å²) in [5, 5.41) is 3.20. The maximum absolute atomic E-state index is 5.77. The van der Waals surface area contributed by atoms with Gasteiger partial charge in [0.05, 0.1) is 17.6 Å². The van der Waals surface area contributed by atoms with Crippen LogP contribution in [-0.2, 0) is 6.54 Å². The van der Waals surface area contributed by atoms with E-state index in [1.807, 2.05) is 0 Å². The number of nitrogen functional groups attached to an aromatic ring is 1. The molecule has 1 aromatic rings. The average molecular weight is 194 g/mol. The molecule has 3 N–H and O–H groups in total. The van der Waals surface area contributed by atoms with Crippen LogP contribution in [0.1, 0.15) is 38.2 Å². The lowest BCUT2D eigenvalue weighted by molar-refractivity contribution is 0.689.